The maximum absolute atomic E-state index is 12.6. The summed E-state index contributed by atoms with van der Waals surface area (Å²) in [6, 6.07) is 7.65. The molecule has 2 heterocycles. The molecule has 7 nitrogen and oxygen atoms in total. The highest BCUT2D eigenvalue weighted by Gasteiger charge is 2.26. The number of aromatic nitrogens is 3. The molecule has 7 heteroatoms. The number of aryl methyl sites for hydroxylation is 1. The van der Waals surface area contributed by atoms with Gasteiger partial charge >= 0.3 is 6.03 Å². The van der Waals surface area contributed by atoms with E-state index >= 15 is 0 Å². The van der Waals surface area contributed by atoms with Gasteiger partial charge in [0, 0.05) is 43.8 Å². The number of methoxy groups -OCH3 is 1. The van der Waals surface area contributed by atoms with Gasteiger partial charge in [0.2, 0.25) is 0 Å². The molecule has 0 saturated carbocycles. The Labute approximate surface area is 147 Å². The van der Waals surface area contributed by atoms with Crippen molar-refractivity contribution in [1.29, 1.82) is 0 Å². The number of H-pyrrole nitrogens is 1. The molecule has 1 aliphatic heterocycles. The van der Waals surface area contributed by atoms with E-state index < -0.39 is 0 Å². The Morgan fingerprint density at radius 1 is 1.36 bits per heavy atom. The molecule has 1 aliphatic rings. The van der Waals surface area contributed by atoms with Crippen molar-refractivity contribution in [1.82, 2.24) is 20.1 Å². The van der Waals surface area contributed by atoms with Crippen LogP contribution in [-0.4, -0.2) is 46.3 Å². The summed E-state index contributed by atoms with van der Waals surface area (Å²) in [5.74, 6) is 2.12. The largest absolute Gasteiger partial charge is 0.380 e. The van der Waals surface area contributed by atoms with Crippen LogP contribution in [0.4, 0.5) is 10.5 Å². The highest BCUT2D eigenvalue weighted by Crippen LogP contribution is 2.26. The quantitative estimate of drug-likeness (QED) is 0.874. The first-order valence-corrected chi connectivity index (χ1v) is 8.75. The van der Waals surface area contributed by atoms with Gasteiger partial charge in [0.25, 0.3) is 0 Å². The molecule has 2 aromatic rings. The van der Waals surface area contributed by atoms with Gasteiger partial charge in [0.1, 0.15) is 5.82 Å². The van der Waals surface area contributed by atoms with E-state index in [1.807, 2.05) is 29.2 Å². The first kappa shape index (κ1) is 17.4. The monoisotopic (exact) mass is 343 g/mol. The standard InChI is InChI=1S/C18H25N5O2/c1-3-16-20-17(22-21-16)13-8-10-23(11-9-13)18(24)19-15-7-5-4-6-14(15)12-25-2/h4-7,13H,3,8-12H2,1-2H3,(H,19,24)(H,20,21,22). The van der Waals surface area contributed by atoms with Crippen LogP contribution in [0.3, 0.4) is 0 Å². The summed E-state index contributed by atoms with van der Waals surface area (Å²) in [7, 11) is 1.65. The van der Waals surface area contributed by atoms with E-state index in [0.717, 1.165) is 42.2 Å². The fourth-order valence-corrected chi connectivity index (χ4v) is 3.11. The smallest absolute Gasteiger partial charge is 0.321 e. The van der Waals surface area contributed by atoms with Crippen LogP contribution in [-0.2, 0) is 17.8 Å². The number of nitrogens with one attached hydrogen (secondary N) is 2. The average molecular weight is 343 g/mol. The van der Waals surface area contributed by atoms with Gasteiger partial charge in [0.05, 0.1) is 6.61 Å². The van der Waals surface area contributed by atoms with Crippen LogP contribution in [0.2, 0.25) is 0 Å². The van der Waals surface area contributed by atoms with Crippen molar-refractivity contribution in [3.8, 4) is 0 Å². The second-order valence-electron chi connectivity index (χ2n) is 6.28. The molecule has 2 amide bonds. The van der Waals surface area contributed by atoms with Crippen LogP contribution in [0.15, 0.2) is 24.3 Å². The number of likely N-dealkylation sites (tertiary alicyclic amines) is 1. The van der Waals surface area contributed by atoms with E-state index in [4.69, 9.17) is 4.74 Å². The van der Waals surface area contributed by atoms with E-state index in [9.17, 15) is 4.79 Å². The van der Waals surface area contributed by atoms with Crippen LogP contribution in [0, 0.1) is 0 Å². The van der Waals surface area contributed by atoms with Crippen LogP contribution >= 0.6 is 0 Å². The molecule has 0 aliphatic carbocycles. The Bertz CT molecular complexity index is 707. The van der Waals surface area contributed by atoms with Crippen molar-refractivity contribution in [2.75, 3.05) is 25.5 Å². The minimum absolute atomic E-state index is 0.0637. The molecule has 0 spiro atoms. The van der Waals surface area contributed by atoms with Gasteiger partial charge in [0.15, 0.2) is 5.82 Å². The molecular formula is C18H25N5O2. The summed E-state index contributed by atoms with van der Waals surface area (Å²) >= 11 is 0. The molecule has 1 aromatic carbocycles. The fourth-order valence-electron chi connectivity index (χ4n) is 3.11. The summed E-state index contributed by atoms with van der Waals surface area (Å²) < 4.78 is 5.19. The predicted molar refractivity (Wildman–Crippen MR) is 95.5 cm³/mol. The zero-order valence-corrected chi connectivity index (χ0v) is 14.8. The normalized spacial score (nSPS) is 15.4. The number of piperidine rings is 1. The van der Waals surface area contributed by atoms with Gasteiger partial charge in [-0.05, 0) is 18.9 Å². The molecule has 134 valence electrons. The Hall–Kier alpha value is -2.41. The third kappa shape index (κ3) is 4.17. The van der Waals surface area contributed by atoms with E-state index in [1.54, 1.807) is 7.11 Å². The lowest BCUT2D eigenvalue weighted by Crippen LogP contribution is -2.40. The van der Waals surface area contributed by atoms with Crippen molar-refractivity contribution >= 4 is 11.7 Å². The molecule has 0 bridgehead atoms. The van der Waals surface area contributed by atoms with Gasteiger partial charge in [-0.25, -0.2) is 9.78 Å². The molecule has 3 rings (SSSR count). The zero-order chi connectivity index (χ0) is 17.6. The molecule has 1 saturated heterocycles. The van der Waals surface area contributed by atoms with Crippen molar-refractivity contribution in [3.63, 3.8) is 0 Å². The Morgan fingerprint density at radius 2 is 2.12 bits per heavy atom. The van der Waals surface area contributed by atoms with Gasteiger partial charge in [-0.1, -0.05) is 25.1 Å². The van der Waals surface area contributed by atoms with E-state index in [1.165, 1.54) is 0 Å². The topological polar surface area (TPSA) is 83.1 Å². The molecule has 1 fully saturated rings. The highest BCUT2D eigenvalue weighted by molar-refractivity contribution is 5.90. The summed E-state index contributed by atoms with van der Waals surface area (Å²) in [5, 5.41) is 10.3. The van der Waals surface area contributed by atoms with Gasteiger partial charge in [-0.2, -0.15) is 5.10 Å². The number of hydrogen-bond donors (Lipinski definition) is 2. The lowest BCUT2D eigenvalue weighted by Gasteiger charge is -2.31. The Kier molecular flexibility index (Phi) is 5.65. The lowest BCUT2D eigenvalue weighted by atomic mass is 9.96. The third-order valence-electron chi connectivity index (χ3n) is 4.59. The van der Waals surface area contributed by atoms with E-state index in [2.05, 4.69) is 27.4 Å². The summed E-state index contributed by atoms with van der Waals surface area (Å²) in [5.41, 5.74) is 1.78. The number of hydrogen-bond acceptors (Lipinski definition) is 4. The minimum atomic E-state index is -0.0637. The number of ether oxygens (including phenoxy) is 1. The number of para-hydroxylation sites is 1. The maximum atomic E-state index is 12.6. The van der Waals surface area contributed by atoms with E-state index in [-0.39, 0.29) is 6.03 Å². The first-order valence-electron chi connectivity index (χ1n) is 8.75. The Morgan fingerprint density at radius 3 is 2.80 bits per heavy atom. The average Bonchev–Trinajstić information content (AvgIpc) is 3.13. The van der Waals surface area contributed by atoms with Gasteiger partial charge in [-0.3, -0.25) is 5.10 Å². The molecule has 0 unspecified atom stereocenters. The number of anilines is 1. The van der Waals surface area contributed by atoms with Crippen molar-refractivity contribution < 1.29 is 9.53 Å². The van der Waals surface area contributed by atoms with Crippen molar-refractivity contribution in [2.45, 2.75) is 38.7 Å². The number of nitrogens with zero attached hydrogens (tertiary/aromatic N) is 3. The SMILES string of the molecule is CCc1nc(C2CCN(C(=O)Nc3ccccc3COC)CC2)n[nH]1. The Balaban J connectivity index is 1.56. The number of urea groups is 1. The summed E-state index contributed by atoms with van der Waals surface area (Å²) in [6.07, 6.45) is 2.62. The van der Waals surface area contributed by atoms with Crippen molar-refractivity contribution in [2.24, 2.45) is 0 Å². The molecule has 2 N–H and O–H groups in total. The zero-order valence-electron chi connectivity index (χ0n) is 14.8. The fraction of sp³-hybridized carbons (Fsp3) is 0.500. The van der Waals surface area contributed by atoms with E-state index in [0.29, 0.717) is 25.6 Å². The molecule has 0 atom stereocenters. The van der Waals surface area contributed by atoms with Crippen LogP contribution in [0.5, 0.6) is 0 Å². The number of carbonyl (C=O) groups is 1. The molecule has 0 radical (unpaired) electrons. The van der Waals surface area contributed by atoms with Gasteiger partial charge in [-0.15, -0.1) is 0 Å². The maximum Gasteiger partial charge on any atom is 0.321 e. The number of rotatable bonds is 5. The second kappa shape index (κ2) is 8.11. The predicted octanol–water partition coefficient (Wildman–Crippen LogP) is 2.93. The third-order valence-corrected chi connectivity index (χ3v) is 4.59. The second-order valence-corrected chi connectivity index (χ2v) is 6.28. The number of benzene rings is 1. The number of amides is 2. The lowest BCUT2D eigenvalue weighted by molar-refractivity contribution is 0.184. The highest BCUT2D eigenvalue weighted by atomic mass is 16.5. The molecule has 1 aromatic heterocycles. The molecule has 25 heavy (non-hydrogen) atoms. The number of carbonyl (C=O) groups excluding carboxylic acids is 1. The van der Waals surface area contributed by atoms with Crippen LogP contribution < -0.4 is 5.32 Å². The summed E-state index contributed by atoms with van der Waals surface area (Å²) in [6.45, 7) is 3.94. The van der Waals surface area contributed by atoms with Gasteiger partial charge < -0.3 is 15.0 Å². The van der Waals surface area contributed by atoms with Crippen molar-refractivity contribution in [3.05, 3.63) is 41.5 Å². The number of aromatic amines is 1. The van der Waals surface area contributed by atoms with Crippen LogP contribution in [0.25, 0.3) is 0 Å². The molecular weight excluding hydrogens is 318 g/mol. The van der Waals surface area contributed by atoms with Crippen LogP contribution in [0.1, 0.15) is 42.9 Å². The first-order chi connectivity index (χ1) is 12.2. The minimum Gasteiger partial charge on any atom is -0.380 e. The summed E-state index contributed by atoms with van der Waals surface area (Å²) in [4.78, 5) is 18.9.